The molecule has 33 heavy (non-hydrogen) atoms. The van der Waals surface area contributed by atoms with Crippen LogP contribution in [0.2, 0.25) is 0 Å². The Labute approximate surface area is 194 Å². The summed E-state index contributed by atoms with van der Waals surface area (Å²) in [6.07, 6.45) is 3.10. The van der Waals surface area contributed by atoms with Crippen molar-refractivity contribution in [3.8, 4) is 0 Å². The van der Waals surface area contributed by atoms with E-state index in [4.69, 9.17) is 4.74 Å². The molecule has 2 heterocycles. The number of methoxy groups -OCH3 is 1. The van der Waals surface area contributed by atoms with Crippen molar-refractivity contribution >= 4 is 23.5 Å². The molecule has 4 rings (SSSR count). The first-order valence-corrected chi connectivity index (χ1v) is 11.5. The lowest BCUT2D eigenvalue weighted by Crippen LogP contribution is -2.55. The summed E-state index contributed by atoms with van der Waals surface area (Å²) in [5, 5.41) is 2.74. The van der Waals surface area contributed by atoms with E-state index in [1.807, 2.05) is 24.3 Å². The van der Waals surface area contributed by atoms with E-state index >= 15 is 0 Å². The molecule has 0 spiro atoms. The standard InChI is InChI=1S/C26H31N3O4/c1-18(30)27-23-11-9-20(10-12-23)25(31)29-14-3-4-22-17-28(15-13-24(22)29)16-19-5-7-21(8-6-19)26(32)33-2/h5-12,22,24H,3-4,13-17H2,1-2H3,(H,27,30)/t22-,24+/m1/s1. The molecule has 7 heteroatoms. The number of carbonyl (C=O) groups is 3. The molecule has 2 amide bonds. The summed E-state index contributed by atoms with van der Waals surface area (Å²) in [6.45, 7) is 5.00. The Morgan fingerprint density at radius 3 is 2.33 bits per heavy atom. The van der Waals surface area contributed by atoms with Crippen molar-refractivity contribution in [3.63, 3.8) is 0 Å². The highest BCUT2D eigenvalue weighted by atomic mass is 16.5. The Balaban J connectivity index is 1.37. The molecule has 0 aliphatic carbocycles. The summed E-state index contributed by atoms with van der Waals surface area (Å²) in [6, 6.07) is 15.0. The third-order valence-corrected chi connectivity index (χ3v) is 6.65. The van der Waals surface area contributed by atoms with Gasteiger partial charge in [-0.25, -0.2) is 4.79 Å². The summed E-state index contributed by atoms with van der Waals surface area (Å²) < 4.78 is 4.77. The van der Waals surface area contributed by atoms with Gasteiger partial charge in [0.25, 0.3) is 5.91 Å². The summed E-state index contributed by atoms with van der Waals surface area (Å²) in [4.78, 5) is 40.6. The molecular weight excluding hydrogens is 418 g/mol. The second-order valence-corrected chi connectivity index (χ2v) is 8.94. The fourth-order valence-corrected chi connectivity index (χ4v) is 5.06. The number of amides is 2. The Bertz CT molecular complexity index is 1000. The Kier molecular flexibility index (Phi) is 7.08. The molecule has 2 aliphatic heterocycles. The molecule has 7 nitrogen and oxygen atoms in total. The maximum atomic E-state index is 13.3. The number of benzene rings is 2. The molecule has 174 valence electrons. The van der Waals surface area contributed by atoms with Crippen molar-refractivity contribution in [2.45, 2.75) is 38.8 Å². The van der Waals surface area contributed by atoms with E-state index in [1.54, 1.807) is 24.3 Å². The Morgan fingerprint density at radius 1 is 0.970 bits per heavy atom. The molecule has 0 radical (unpaired) electrons. The largest absolute Gasteiger partial charge is 0.465 e. The molecule has 2 aromatic carbocycles. The molecule has 2 aliphatic rings. The van der Waals surface area contributed by atoms with Crippen molar-refractivity contribution in [1.82, 2.24) is 9.80 Å². The second-order valence-electron chi connectivity index (χ2n) is 8.94. The zero-order valence-electron chi connectivity index (χ0n) is 19.3. The maximum absolute atomic E-state index is 13.3. The topological polar surface area (TPSA) is 79.0 Å². The van der Waals surface area contributed by atoms with Crippen LogP contribution < -0.4 is 5.32 Å². The van der Waals surface area contributed by atoms with Crippen molar-refractivity contribution in [2.24, 2.45) is 5.92 Å². The van der Waals surface area contributed by atoms with Crippen molar-refractivity contribution in [1.29, 1.82) is 0 Å². The molecule has 2 fully saturated rings. The average Bonchev–Trinajstić information content (AvgIpc) is 2.83. The number of nitrogens with one attached hydrogen (secondary N) is 1. The minimum Gasteiger partial charge on any atom is -0.465 e. The summed E-state index contributed by atoms with van der Waals surface area (Å²) >= 11 is 0. The number of fused-ring (bicyclic) bond motifs is 1. The molecular formula is C26H31N3O4. The number of ether oxygens (including phenoxy) is 1. The third-order valence-electron chi connectivity index (χ3n) is 6.65. The van der Waals surface area contributed by atoms with Crippen LogP contribution in [-0.4, -0.2) is 60.4 Å². The third kappa shape index (κ3) is 5.42. The lowest BCUT2D eigenvalue weighted by Gasteiger charge is -2.47. The van der Waals surface area contributed by atoms with Gasteiger partial charge in [-0.05, 0) is 67.1 Å². The minimum atomic E-state index is -0.320. The smallest absolute Gasteiger partial charge is 0.337 e. The molecule has 0 bridgehead atoms. The molecule has 0 unspecified atom stereocenters. The number of likely N-dealkylation sites (tertiary alicyclic amines) is 2. The molecule has 2 aromatic rings. The highest BCUT2D eigenvalue weighted by Crippen LogP contribution is 2.32. The Morgan fingerprint density at radius 2 is 1.67 bits per heavy atom. The predicted molar refractivity (Wildman–Crippen MR) is 126 cm³/mol. The minimum absolute atomic E-state index is 0.0749. The van der Waals surface area contributed by atoms with E-state index in [9.17, 15) is 14.4 Å². The van der Waals surface area contributed by atoms with Gasteiger partial charge in [-0.15, -0.1) is 0 Å². The Hall–Kier alpha value is -3.19. The van der Waals surface area contributed by atoms with E-state index in [-0.39, 0.29) is 23.8 Å². The molecule has 2 atom stereocenters. The number of carbonyl (C=O) groups excluding carboxylic acids is 3. The van der Waals surface area contributed by atoms with Gasteiger partial charge in [0.05, 0.1) is 12.7 Å². The SMILES string of the molecule is COC(=O)c1ccc(CN2CC[C@H]3[C@H](CCCN3C(=O)c3ccc(NC(C)=O)cc3)C2)cc1. The number of piperidine rings is 2. The number of hydrogen-bond donors (Lipinski definition) is 1. The van der Waals surface area contributed by atoms with Crippen LogP contribution in [0.5, 0.6) is 0 Å². The normalized spacial score (nSPS) is 20.6. The van der Waals surface area contributed by atoms with Crippen LogP contribution in [0.3, 0.4) is 0 Å². The van der Waals surface area contributed by atoms with Crippen LogP contribution in [0.1, 0.15) is 52.5 Å². The molecule has 2 saturated heterocycles. The lowest BCUT2D eigenvalue weighted by atomic mass is 9.83. The van der Waals surface area contributed by atoms with E-state index in [1.165, 1.54) is 19.6 Å². The van der Waals surface area contributed by atoms with Crippen LogP contribution in [0, 0.1) is 5.92 Å². The summed E-state index contributed by atoms with van der Waals surface area (Å²) in [7, 11) is 1.39. The van der Waals surface area contributed by atoms with Crippen molar-refractivity contribution in [3.05, 3.63) is 65.2 Å². The van der Waals surface area contributed by atoms with Gasteiger partial charge in [-0.3, -0.25) is 14.5 Å². The van der Waals surface area contributed by atoms with Gasteiger partial charge in [0.15, 0.2) is 0 Å². The fraction of sp³-hybridized carbons (Fsp3) is 0.423. The fourth-order valence-electron chi connectivity index (χ4n) is 5.06. The van der Waals surface area contributed by atoms with Crippen LogP contribution in [0.25, 0.3) is 0 Å². The van der Waals surface area contributed by atoms with Crippen molar-refractivity contribution < 1.29 is 19.1 Å². The molecule has 0 aromatic heterocycles. The monoisotopic (exact) mass is 449 g/mol. The number of nitrogens with zero attached hydrogens (tertiary/aromatic N) is 2. The first-order valence-electron chi connectivity index (χ1n) is 11.5. The highest BCUT2D eigenvalue weighted by molar-refractivity contribution is 5.95. The van der Waals surface area contributed by atoms with Gasteiger partial charge in [0.2, 0.25) is 5.91 Å². The maximum Gasteiger partial charge on any atom is 0.337 e. The van der Waals surface area contributed by atoms with Crippen LogP contribution >= 0.6 is 0 Å². The van der Waals surface area contributed by atoms with E-state index in [0.717, 1.165) is 45.4 Å². The van der Waals surface area contributed by atoms with Gasteiger partial charge in [-0.1, -0.05) is 12.1 Å². The van der Waals surface area contributed by atoms with Gasteiger partial charge in [0.1, 0.15) is 0 Å². The number of hydrogen-bond acceptors (Lipinski definition) is 5. The lowest BCUT2D eigenvalue weighted by molar-refractivity contribution is -0.114. The van der Waals surface area contributed by atoms with Crippen LogP contribution in [0.4, 0.5) is 5.69 Å². The van der Waals surface area contributed by atoms with E-state index in [2.05, 4.69) is 15.1 Å². The van der Waals surface area contributed by atoms with Gasteiger partial charge < -0.3 is 15.0 Å². The van der Waals surface area contributed by atoms with Gasteiger partial charge in [0, 0.05) is 50.4 Å². The van der Waals surface area contributed by atoms with Gasteiger partial charge >= 0.3 is 5.97 Å². The number of esters is 1. The number of anilines is 1. The first kappa shape index (κ1) is 23.0. The van der Waals surface area contributed by atoms with Crippen molar-refractivity contribution in [2.75, 3.05) is 32.1 Å². The van der Waals surface area contributed by atoms with E-state index < -0.39 is 0 Å². The highest BCUT2D eigenvalue weighted by Gasteiger charge is 2.38. The average molecular weight is 450 g/mol. The summed E-state index contributed by atoms with van der Waals surface area (Å²) in [5.74, 6) is 0.0913. The zero-order valence-corrected chi connectivity index (χ0v) is 19.3. The zero-order chi connectivity index (χ0) is 23.4. The second kappa shape index (κ2) is 10.2. The molecule has 0 saturated carbocycles. The molecule has 1 N–H and O–H groups in total. The quantitative estimate of drug-likeness (QED) is 0.706. The van der Waals surface area contributed by atoms with Crippen LogP contribution in [-0.2, 0) is 16.1 Å². The first-order chi connectivity index (χ1) is 15.9. The summed E-state index contributed by atoms with van der Waals surface area (Å²) in [5.41, 5.74) is 3.09. The predicted octanol–water partition coefficient (Wildman–Crippen LogP) is 3.56. The van der Waals surface area contributed by atoms with Crippen LogP contribution in [0.15, 0.2) is 48.5 Å². The van der Waals surface area contributed by atoms with E-state index in [0.29, 0.717) is 22.7 Å². The van der Waals surface area contributed by atoms with Gasteiger partial charge in [-0.2, -0.15) is 0 Å². The number of rotatable bonds is 5.